The minimum atomic E-state index is -4.62. The van der Waals surface area contributed by atoms with E-state index >= 15 is 0 Å². The molecule has 55 heavy (non-hydrogen) atoms. The van der Waals surface area contributed by atoms with E-state index < -0.39 is 27.9 Å². The molecule has 0 spiro atoms. The lowest BCUT2D eigenvalue weighted by molar-refractivity contribution is -0.119. The summed E-state index contributed by atoms with van der Waals surface area (Å²) >= 11 is 6.90. The van der Waals surface area contributed by atoms with Gasteiger partial charge in [-0.25, -0.2) is 0 Å². The summed E-state index contributed by atoms with van der Waals surface area (Å²) in [6.45, 7) is 4.22. The second kappa shape index (κ2) is 19.7. The number of para-hydroxylation sites is 1. The van der Waals surface area contributed by atoms with Crippen molar-refractivity contribution in [2.75, 3.05) is 23.1 Å². The summed E-state index contributed by atoms with van der Waals surface area (Å²) in [6, 6.07) is 19.9. The number of azo groups is 1. The smallest absolute Gasteiger partial charge is 0.289 e. The van der Waals surface area contributed by atoms with Crippen molar-refractivity contribution in [1.82, 2.24) is 5.32 Å². The van der Waals surface area contributed by atoms with E-state index in [2.05, 4.69) is 27.6 Å². The number of hydrogen-bond acceptors (Lipinski definition) is 9. The average molecular weight is 789 g/mol. The van der Waals surface area contributed by atoms with Crippen LogP contribution in [-0.2, 0) is 30.9 Å². The van der Waals surface area contributed by atoms with Gasteiger partial charge >= 0.3 is 0 Å². The number of carbonyl (C=O) groups excluding carboxylic acids is 2. The van der Waals surface area contributed by atoms with Crippen LogP contribution in [0.2, 0.25) is 5.02 Å². The summed E-state index contributed by atoms with van der Waals surface area (Å²) in [5.74, 6) is -1.55. The van der Waals surface area contributed by atoms with Crippen LogP contribution in [0.15, 0.2) is 99.1 Å². The van der Waals surface area contributed by atoms with Gasteiger partial charge in [-0.15, -0.1) is 4.47 Å². The highest BCUT2D eigenvalue weighted by molar-refractivity contribution is 7.92. The van der Waals surface area contributed by atoms with Crippen molar-refractivity contribution in [3.05, 3.63) is 89.4 Å². The van der Waals surface area contributed by atoms with E-state index in [1.165, 1.54) is 63.8 Å². The number of phenolic OH excluding ortho intramolecular Hbond substituents is 1. The summed E-state index contributed by atoms with van der Waals surface area (Å²) in [5, 5.41) is 29.5. The highest BCUT2D eigenvalue weighted by Crippen LogP contribution is 2.46. The number of fused-ring (bicyclic) bond motifs is 1. The van der Waals surface area contributed by atoms with Crippen molar-refractivity contribution in [2.45, 2.75) is 95.4 Å². The second-order valence-corrected chi connectivity index (χ2v) is 15.4. The van der Waals surface area contributed by atoms with E-state index in [1.807, 2.05) is 0 Å². The zero-order chi connectivity index (χ0) is 39.4. The molecular weight excluding hydrogens is 740 g/mol. The Hall–Kier alpha value is -4.85. The minimum absolute atomic E-state index is 0.0912. The van der Waals surface area contributed by atoms with Gasteiger partial charge in [-0.1, -0.05) is 131 Å². The Morgan fingerprint density at radius 2 is 1.49 bits per heavy atom. The SMILES string of the molecule is CCCCCCCCCCCCc1c(O)c(N(OC)S(=O)(=O)c2ccccc2N=NC2C(=O)N(c3ccccc3)N=C2C(=O)NCC)c2ccccc2c1Cl. The van der Waals surface area contributed by atoms with Crippen molar-refractivity contribution in [3.8, 4) is 5.75 Å². The largest absolute Gasteiger partial charge is 0.505 e. The number of rotatable bonds is 20. The lowest BCUT2D eigenvalue weighted by Gasteiger charge is -2.26. The van der Waals surface area contributed by atoms with Crippen LogP contribution < -0.4 is 14.8 Å². The first-order valence-corrected chi connectivity index (χ1v) is 20.7. The second-order valence-electron chi connectivity index (χ2n) is 13.3. The number of anilines is 2. The third kappa shape index (κ3) is 9.52. The standard InChI is InChI=1S/C41H49ClN6O6S/c1-4-6-7-8-9-10-11-12-13-17-26-32-35(42)30-24-18-19-25-31(30)38(39(32)49)48(54-3)55(52,53)34-28-21-20-27-33(34)44-45-37-36(40(50)43-5-2)46-47(41(37)51)29-22-15-14-16-23-29/h14-16,18-25,27-28,37,49H,4-13,17,26H2,1-3H3,(H,43,50). The van der Waals surface area contributed by atoms with E-state index in [9.17, 15) is 23.1 Å². The number of unbranched alkanes of at least 4 members (excludes halogenated alkanes) is 9. The highest BCUT2D eigenvalue weighted by atomic mass is 35.5. The third-order valence-corrected chi connectivity index (χ3v) is 11.5. The average Bonchev–Trinajstić information content (AvgIpc) is 3.53. The van der Waals surface area contributed by atoms with Gasteiger partial charge in [0.15, 0.2) is 5.71 Å². The number of nitrogens with one attached hydrogen (secondary N) is 1. The van der Waals surface area contributed by atoms with Crippen molar-refractivity contribution >= 4 is 67.0 Å². The fourth-order valence-electron chi connectivity index (χ4n) is 6.62. The number of hydrogen-bond donors (Lipinski definition) is 2. The van der Waals surface area contributed by atoms with Crippen LogP contribution in [0.5, 0.6) is 5.75 Å². The molecular formula is C41H49ClN6O6S. The monoisotopic (exact) mass is 788 g/mol. The highest BCUT2D eigenvalue weighted by Gasteiger charge is 2.41. The van der Waals surface area contributed by atoms with E-state index in [0.717, 1.165) is 30.7 Å². The summed E-state index contributed by atoms with van der Waals surface area (Å²) in [7, 11) is -3.43. The molecule has 14 heteroatoms. The summed E-state index contributed by atoms with van der Waals surface area (Å²) in [6.07, 6.45) is 11.8. The molecule has 0 aliphatic carbocycles. The Bertz CT molecular complexity index is 2130. The van der Waals surface area contributed by atoms with Crippen LogP contribution in [0.3, 0.4) is 0 Å². The Balaban J connectivity index is 1.44. The molecule has 1 aliphatic rings. The van der Waals surface area contributed by atoms with Crippen molar-refractivity contribution in [1.29, 1.82) is 0 Å². The number of nitrogens with zero attached hydrogens (tertiary/aromatic N) is 5. The fraction of sp³-hybridized carbons (Fsp3) is 0.390. The zero-order valence-corrected chi connectivity index (χ0v) is 33.2. The van der Waals surface area contributed by atoms with Gasteiger partial charge in [0.2, 0.25) is 6.04 Å². The van der Waals surface area contributed by atoms with Gasteiger partial charge in [0.1, 0.15) is 22.0 Å². The van der Waals surface area contributed by atoms with Crippen LogP contribution in [0, 0.1) is 0 Å². The molecule has 0 aromatic heterocycles. The molecule has 2 N–H and O–H groups in total. The molecule has 12 nitrogen and oxygen atoms in total. The molecule has 5 rings (SSSR count). The number of halogens is 1. The molecule has 0 bridgehead atoms. The summed E-state index contributed by atoms with van der Waals surface area (Å²) < 4.78 is 29.8. The van der Waals surface area contributed by atoms with Gasteiger partial charge in [0.25, 0.3) is 21.8 Å². The lowest BCUT2D eigenvalue weighted by Crippen LogP contribution is -2.38. The molecule has 4 aromatic rings. The van der Waals surface area contributed by atoms with Gasteiger partial charge in [-0.3, -0.25) is 14.4 Å². The fourth-order valence-corrected chi connectivity index (χ4v) is 8.39. The quantitative estimate of drug-likeness (QED) is 0.0517. The molecule has 1 atom stereocenters. The Morgan fingerprint density at radius 3 is 2.15 bits per heavy atom. The van der Waals surface area contributed by atoms with E-state index in [0.29, 0.717) is 37.9 Å². The first-order chi connectivity index (χ1) is 26.6. The third-order valence-electron chi connectivity index (χ3n) is 9.45. The van der Waals surface area contributed by atoms with Gasteiger partial charge in [-0.2, -0.15) is 28.8 Å². The summed E-state index contributed by atoms with van der Waals surface area (Å²) in [5.41, 5.74) is 0.444. The Labute approximate surface area is 328 Å². The van der Waals surface area contributed by atoms with Crippen LogP contribution in [-0.4, -0.2) is 50.7 Å². The molecule has 0 fully saturated rings. The number of aromatic hydroxyl groups is 1. The molecule has 1 unspecified atom stereocenters. The number of phenols is 1. The molecule has 0 saturated carbocycles. The molecule has 4 aromatic carbocycles. The van der Waals surface area contributed by atoms with E-state index in [1.54, 1.807) is 67.6 Å². The predicted octanol–water partition coefficient (Wildman–Crippen LogP) is 9.41. The topological polar surface area (TPSA) is 153 Å². The summed E-state index contributed by atoms with van der Waals surface area (Å²) in [4.78, 5) is 31.8. The van der Waals surface area contributed by atoms with Gasteiger partial charge in [0.05, 0.1) is 17.8 Å². The molecule has 2 amide bonds. The number of sulfonamides is 1. The van der Waals surface area contributed by atoms with Crippen LogP contribution >= 0.6 is 11.6 Å². The maximum absolute atomic E-state index is 14.6. The van der Waals surface area contributed by atoms with Gasteiger partial charge in [0, 0.05) is 22.9 Å². The van der Waals surface area contributed by atoms with Crippen molar-refractivity contribution in [3.63, 3.8) is 0 Å². The lowest BCUT2D eigenvalue weighted by atomic mass is 9.98. The minimum Gasteiger partial charge on any atom is -0.505 e. The molecule has 0 saturated heterocycles. The predicted molar refractivity (Wildman–Crippen MR) is 218 cm³/mol. The number of amides is 2. The van der Waals surface area contributed by atoms with Crippen LogP contribution in [0.1, 0.15) is 83.6 Å². The molecule has 0 radical (unpaired) electrons. The van der Waals surface area contributed by atoms with Gasteiger partial charge in [-0.05, 0) is 44.0 Å². The first kappa shape index (κ1) is 41.3. The van der Waals surface area contributed by atoms with E-state index in [-0.39, 0.29) is 34.3 Å². The van der Waals surface area contributed by atoms with Gasteiger partial charge < -0.3 is 10.4 Å². The maximum atomic E-state index is 14.6. The van der Waals surface area contributed by atoms with Crippen molar-refractivity contribution in [2.24, 2.45) is 15.3 Å². The van der Waals surface area contributed by atoms with Crippen LogP contribution in [0.4, 0.5) is 17.1 Å². The Kier molecular flexibility index (Phi) is 14.8. The van der Waals surface area contributed by atoms with Crippen molar-refractivity contribution < 1.29 is 28.0 Å². The number of hydrazone groups is 1. The maximum Gasteiger partial charge on any atom is 0.289 e. The number of carbonyl (C=O) groups is 2. The Morgan fingerprint density at radius 1 is 0.891 bits per heavy atom. The zero-order valence-electron chi connectivity index (χ0n) is 31.6. The number of benzene rings is 4. The normalized spacial score (nSPS) is 14.5. The molecule has 1 heterocycles. The molecule has 1 aliphatic heterocycles. The van der Waals surface area contributed by atoms with E-state index in [4.69, 9.17) is 16.4 Å². The first-order valence-electron chi connectivity index (χ1n) is 18.9. The van der Waals surface area contributed by atoms with Crippen LogP contribution in [0.25, 0.3) is 10.8 Å². The molecule has 292 valence electrons.